The molecule has 7 heteroatoms. The van der Waals surface area contributed by atoms with Crippen molar-refractivity contribution < 1.29 is 8.42 Å². The largest absolute Gasteiger partial charge is 0.323 e. The first kappa shape index (κ1) is 14.2. The summed E-state index contributed by atoms with van der Waals surface area (Å²) >= 11 is 0. The topological polar surface area (TPSA) is 90.0 Å². The lowest BCUT2D eigenvalue weighted by molar-refractivity contribution is 0.506. The second-order valence-corrected chi connectivity index (χ2v) is 7.04. The molecule has 1 aromatic heterocycles. The Hall–Kier alpha value is -1.70. The van der Waals surface area contributed by atoms with Crippen LogP contribution in [0.15, 0.2) is 35.5 Å². The number of aromatic nitrogens is 2. The van der Waals surface area contributed by atoms with E-state index in [1.165, 1.54) is 10.9 Å². The van der Waals surface area contributed by atoms with Gasteiger partial charge in [0.05, 0.1) is 6.20 Å². The molecule has 0 fully saturated rings. The fourth-order valence-corrected chi connectivity index (χ4v) is 4.53. The average molecular weight is 306 g/mol. The van der Waals surface area contributed by atoms with Crippen molar-refractivity contribution in [2.75, 3.05) is 0 Å². The van der Waals surface area contributed by atoms with Gasteiger partial charge < -0.3 is 5.73 Å². The molecule has 2 aromatic rings. The summed E-state index contributed by atoms with van der Waals surface area (Å²) in [5.41, 5.74) is 8.90. The molecule has 1 heterocycles. The van der Waals surface area contributed by atoms with Gasteiger partial charge in [0.25, 0.3) is 10.0 Å². The molecule has 0 aliphatic heterocycles. The molecule has 21 heavy (non-hydrogen) atoms. The molecule has 1 aliphatic rings. The number of aryl methyl sites for hydroxylation is 2. The first-order valence-corrected chi connectivity index (χ1v) is 8.23. The standard InChI is InChI=1S/C14H18N4O2S/c1-9-8-16-18(2)14(9)21(19,20)17-12-7-10-5-3-4-6-11(10)13(12)15/h3-6,8,12-13,17H,7,15H2,1-2H3/t12-,13-/m1/s1. The van der Waals surface area contributed by atoms with E-state index in [4.69, 9.17) is 5.73 Å². The highest BCUT2D eigenvalue weighted by Gasteiger charge is 2.34. The predicted molar refractivity (Wildman–Crippen MR) is 79.1 cm³/mol. The highest BCUT2D eigenvalue weighted by Crippen LogP contribution is 2.30. The van der Waals surface area contributed by atoms with Gasteiger partial charge in [-0.2, -0.15) is 5.10 Å². The molecule has 1 aromatic carbocycles. The molecular formula is C14H18N4O2S. The number of hydrogen-bond donors (Lipinski definition) is 2. The number of rotatable bonds is 3. The van der Waals surface area contributed by atoms with Crippen molar-refractivity contribution in [3.05, 3.63) is 47.2 Å². The van der Waals surface area contributed by atoms with E-state index in [0.29, 0.717) is 12.0 Å². The lowest BCUT2D eigenvalue weighted by atomic mass is 10.1. The minimum atomic E-state index is -3.64. The molecule has 0 radical (unpaired) electrons. The smallest absolute Gasteiger partial charge is 0.258 e. The fraction of sp³-hybridized carbons (Fsp3) is 0.357. The van der Waals surface area contributed by atoms with Crippen LogP contribution in [0.2, 0.25) is 0 Å². The van der Waals surface area contributed by atoms with Gasteiger partial charge in [-0.05, 0) is 24.5 Å². The van der Waals surface area contributed by atoms with Crippen LogP contribution < -0.4 is 10.5 Å². The number of hydrogen-bond acceptors (Lipinski definition) is 4. The highest BCUT2D eigenvalue weighted by atomic mass is 32.2. The van der Waals surface area contributed by atoms with Gasteiger partial charge in [0, 0.05) is 24.7 Å². The zero-order valence-corrected chi connectivity index (χ0v) is 12.8. The molecule has 6 nitrogen and oxygen atoms in total. The summed E-state index contributed by atoms with van der Waals surface area (Å²) in [5.74, 6) is 0. The van der Waals surface area contributed by atoms with Crippen LogP contribution >= 0.6 is 0 Å². The summed E-state index contributed by atoms with van der Waals surface area (Å²) in [5, 5.41) is 4.17. The van der Waals surface area contributed by atoms with Gasteiger partial charge in [-0.25, -0.2) is 13.1 Å². The van der Waals surface area contributed by atoms with E-state index in [9.17, 15) is 8.42 Å². The SMILES string of the molecule is Cc1cnn(C)c1S(=O)(=O)N[C@@H]1Cc2ccccc2[C@H]1N. The molecule has 112 valence electrons. The Kier molecular flexibility index (Phi) is 3.35. The van der Waals surface area contributed by atoms with Crippen LogP contribution in [0.1, 0.15) is 22.7 Å². The van der Waals surface area contributed by atoms with Gasteiger partial charge in [-0.3, -0.25) is 4.68 Å². The van der Waals surface area contributed by atoms with Crippen molar-refractivity contribution in [1.29, 1.82) is 0 Å². The average Bonchev–Trinajstić information content (AvgIpc) is 2.91. The van der Waals surface area contributed by atoms with Crippen molar-refractivity contribution in [2.24, 2.45) is 12.8 Å². The second kappa shape index (κ2) is 4.94. The normalized spacial score (nSPS) is 21.5. The van der Waals surface area contributed by atoms with Crippen LogP contribution in [0.3, 0.4) is 0 Å². The second-order valence-electron chi connectivity index (χ2n) is 5.41. The molecule has 2 atom stereocenters. The molecule has 0 spiro atoms. The van der Waals surface area contributed by atoms with Gasteiger partial charge in [-0.1, -0.05) is 24.3 Å². The Morgan fingerprint density at radius 2 is 2.10 bits per heavy atom. The Morgan fingerprint density at radius 3 is 2.71 bits per heavy atom. The number of nitrogens with zero attached hydrogens (tertiary/aromatic N) is 2. The van der Waals surface area contributed by atoms with E-state index in [-0.39, 0.29) is 17.1 Å². The summed E-state index contributed by atoms with van der Waals surface area (Å²) in [6.07, 6.45) is 2.14. The minimum absolute atomic E-state index is 0.186. The van der Waals surface area contributed by atoms with Gasteiger partial charge in [0.15, 0.2) is 5.03 Å². The van der Waals surface area contributed by atoms with Crippen LogP contribution in [0.25, 0.3) is 0 Å². The van der Waals surface area contributed by atoms with E-state index in [1.54, 1.807) is 14.0 Å². The Morgan fingerprint density at radius 1 is 1.38 bits per heavy atom. The van der Waals surface area contributed by atoms with Gasteiger partial charge >= 0.3 is 0 Å². The van der Waals surface area contributed by atoms with Crippen LogP contribution in [0.4, 0.5) is 0 Å². The molecule has 0 bridgehead atoms. The third-order valence-corrected chi connectivity index (χ3v) is 5.61. The Labute approximate surface area is 124 Å². The zero-order valence-electron chi connectivity index (χ0n) is 11.9. The zero-order chi connectivity index (χ0) is 15.2. The molecule has 3 rings (SSSR count). The maximum atomic E-state index is 12.6. The minimum Gasteiger partial charge on any atom is -0.323 e. The van der Waals surface area contributed by atoms with Crippen LogP contribution in [-0.2, 0) is 23.5 Å². The van der Waals surface area contributed by atoms with Crippen LogP contribution in [0.5, 0.6) is 0 Å². The van der Waals surface area contributed by atoms with Crippen molar-refractivity contribution in [3.63, 3.8) is 0 Å². The number of fused-ring (bicyclic) bond motifs is 1. The quantitative estimate of drug-likeness (QED) is 0.870. The fourth-order valence-electron chi connectivity index (χ4n) is 2.92. The van der Waals surface area contributed by atoms with Crippen LogP contribution in [0, 0.1) is 6.92 Å². The molecular weight excluding hydrogens is 288 g/mol. The van der Waals surface area contributed by atoms with E-state index in [1.807, 2.05) is 24.3 Å². The molecule has 0 unspecified atom stereocenters. The van der Waals surface area contributed by atoms with E-state index < -0.39 is 10.0 Å². The maximum absolute atomic E-state index is 12.6. The summed E-state index contributed by atoms with van der Waals surface area (Å²) in [6, 6.07) is 7.13. The van der Waals surface area contributed by atoms with Gasteiger partial charge in [-0.15, -0.1) is 0 Å². The molecule has 3 N–H and O–H groups in total. The van der Waals surface area contributed by atoms with Gasteiger partial charge in [0.2, 0.25) is 0 Å². The lowest BCUT2D eigenvalue weighted by Crippen LogP contribution is -2.41. The monoisotopic (exact) mass is 306 g/mol. The van der Waals surface area contributed by atoms with Crippen molar-refractivity contribution in [2.45, 2.75) is 30.5 Å². The van der Waals surface area contributed by atoms with E-state index in [2.05, 4.69) is 9.82 Å². The number of sulfonamides is 1. The molecule has 0 amide bonds. The molecule has 1 aliphatic carbocycles. The third-order valence-electron chi connectivity index (χ3n) is 3.90. The van der Waals surface area contributed by atoms with Crippen molar-refractivity contribution >= 4 is 10.0 Å². The summed E-state index contributed by atoms with van der Waals surface area (Å²) in [6.45, 7) is 1.73. The summed E-state index contributed by atoms with van der Waals surface area (Å²) in [4.78, 5) is 0. The number of nitrogens with one attached hydrogen (secondary N) is 1. The third kappa shape index (κ3) is 2.37. The summed E-state index contributed by atoms with van der Waals surface area (Å²) in [7, 11) is -2.03. The lowest BCUT2D eigenvalue weighted by Gasteiger charge is -2.18. The van der Waals surface area contributed by atoms with Crippen LogP contribution in [-0.4, -0.2) is 24.2 Å². The predicted octanol–water partition coefficient (Wildman–Crippen LogP) is 0.632. The highest BCUT2D eigenvalue weighted by molar-refractivity contribution is 7.89. The number of benzene rings is 1. The van der Waals surface area contributed by atoms with Crippen molar-refractivity contribution in [3.8, 4) is 0 Å². The van der Waals surface area contributed by atoms with E-state index >= 15 is 0 Å². The Balaban J connectivity index is 1.89. The molecule has 0 saturated carbocycles. The maximum Gasteiger partial charge on any atom is 0.258 e. The molecule has 0 saturated heterocycles. The summed E-state index contributed by atoms with van der Waals surface area (Å²) < 4.78 is 29.2. The Bertz CT molecular complexity index is 763. The first-order valence-electron chi connectivity index (χ1n) is 6.74. The van der Waals surface area contributed by atoms with Crippen molar-refractivity contribution in [1.82, 2.24) is 14.5 Å². The number of nitrogens with two attached hydrogens (primary N) is 1. The van der Waals surface area contributed by atoms with Gasteiger partial charge in [0.1, 0.15) is 0 Å². The van der Waals surface area contributed by atoms with E-state index in [0.717, 1.165) is 11.1 Å². The first-order chi connectivity index (χ1) is 9.90.